The third-order valence-corrected chi connectivity index (χ3v) is 5.57. The van der Waals surface area contributed by atoms with E-state index < -0.39 is 28.9 Å². The minimum atomic E-state index is -4.64. The number of pyridine rings is 2. The van der Waals surface area contributed by atoms with Crippen LogP contribution in [0.3, 0.4) is 0 Å². The summed E-state index contributed by atoms with van der Waals surface area (Å²) in [6.07, 6.45) is -0.992. The number of benzene rings is 1. The summed E-state index contributed by atoms with van der Waals surface area (Å²) >= 11 is 0. The number of nitrogens with zero attached hydrogens (tertiary/aromatic N) is 2. The van der Waals surface area contributed by atoms with Gasteiger partial charge < -0.3 is 25.8 Å². The van der Waals surface area contributed by atoms with Crippen LogP contribution >= 0.6 is 0 Å². The van der Waals surface area contributed by atoms with Gasteiger partial charge in [-0.3, -0.25) is 14.6 Å². The number of amides is 2. The van der Waals surface area contributed by atoms with E-state index in [9.17, 15) is 22.8 Å². The Morgan fingerprint density at radius 3 is 2.47 bits per heavy atom. The number of carbonyl (C=O) groups excluding carboxylic acids is 2. The molecular weight excluding hydrogens is 479 g/mol. The summed E-state index contributed by atoms with van der Waals surface area (Å²) in [5.41, 5.74) is 4.33. The number of alkyl halides is 3. The first-order chi connectivity index (χ1) is 17.1. The van der Waals surface area contributed by atoms with Crippen LogP contribution in [0.5, 0.6) is 17.2 Å². The highest BCUT2D eigenvalue weighted by atomic mass is 19.4. The van der Waals surface area contributed by atoms with Crippen molar-refractivity contribution >= 4 is 17.6 Å². The molecule has 188 valence electrons. The molecule has 1 aliphatic rings. The lowest BCUT2D eigenvalue weighted by Crippen LogP contribution is -2.49. The monoisotopic (exact) mass is 501 g/mol. The number of aromatic nitrogens is 2. The van der Waals surface area contributed by atoms with E-state index in [1.165, 1.54) is 43.8 Å². The molecule has 0 unspecified atom stereocenters. The number of methoxy groups -OCH3 is 1. The number of nitrogens with two attached hydrogens (primary N) is 1. The molecular formula is C24H22F3N5O4. The molecule has 2 amide bonds. The fourth-order valence-corrected chi connectivity index (χ4v) is 3.42. The Morgan fingerprint density at radius 2 is 1.86 bits per heavy atom. The van der Waals surface area contributed by atoms with Crippen LogP contribution in [-0.2, 0) is 17.5 Å². The van der Waals surface area contributed by atoms with Crippen molar-refractivity contribution in [2.45, 2.75) is 31.1 Å². The number of ether oxygens (including phenoxy) is 2. The Kier molecular flexibility index (Phi) is 6.69. The lowest BCUT2D eigenvalue weighted by Gasteiger charge is -2.17. The third kappa shape index (κ3) is 5.48. The van der Waals surface area contributed by atoms with Crippen LogP contribution in [0.15, 0.2) is 54.9 Å². The molecule has 1 aliphatic carbocycles. The van der Waals surface area contributed by atoms with E-state index in [0.717, 1.165) is 12.1 Å². The maximum atomic E-state index is 13.4. The Labute approximate surface area is 203 Å². The van der Waals surface area contributed by atoms with Crippen LogP contribution in [0, 0.1) is 0 Å². The number of nitrogens with one attached hydrogen (secondary N) is 2. The SMILES string of the molecule is COc1ccc(Oc2ccc(CNC(=O)C3(NC(=O)c4cccnc4N)CC3)nc2)c(C(F)(F)F)c1. The first kappa shape index (κ1) is 24.8. The van der Waals surface area contributed by atoms with Gasteiger partial charge in [-0.15, -0.1) is 0 Å². The average molecular weight is 501 g/mol. The van der Waals surface area contributed by atoms with Gasteiger partial charge in [0.2, 0.25) is 5.91 Å². The number of rotatable bonds is 8. The van der Waals surface area contributed by atoms with Gasteiger partial charge in [0, 0.05) is 6.20 Å². The highest BCUT2D eigenvalue weighted by Crippen LogP contribution is 2.40. The first-order valence-corrected chi connectivity index (χ1v) is 10.8. The molecule has 0 radical (unpaired) electrons. The molecule has 4 N–H and O–H groups in total. The van der Waals surface area contributed by atoms with Crippen molar-refractivity contribution in [1.29, 1.82) is 0 Å². The van der Waals surface area contributed by atoms with Crippen LogP contribution < -0.4 is 25.8 Å². The van der Waals surface area contributed by atoms with Crippen LogP contribution in [0.4, 0.5) is 19.0 Å². The lowest BCUT2D eigenvalue weighted by atomic mass is 10.2. The maximum Gasteiger partial charge on any atom is 0.420 e. The van der Waals surface area contributed by atoms with Gasteiger partial charge in [0.1, 0.15) is 34.2 Å². The second kappa shape index (κ2) is 9.72. The quantitative estimate of drug-likeness (QED) is 0.431. The fraction of sp³-hybridized carbons (Fsp3) is 0.250. The van der Waals surface area contributed by atoms with Crippen molar-refractivity contribution in [2.24, 2.45) is 0 Å². The minimum absolute atomic E-state index is 0.0438. The Morgan fingerprint density at radius 1 is 1.11 bits per heavy atom. The normalized spacial score (nSPS) is 14.0. The van der Waals surface area contributed by atoms with Gasteiger partial charge >= 0.3 is 6.18 Å². The van der Waals surface area contributed by atoms with Crippen molar-refractivity contribution in [3.63, 3.8) is 0 Å². The van der Waals surface area contributed by atoms with E-state index in [1.54, 1.807) is 6.07 Å². The molecule has 1 aromatic carbocycles. The molecule has 12 heteroatoms. The zero-order chi connectivity index (χ0) is 25.9. The summed E-state index contributed by atoms with van der Waals surface area (Å²) in [4.78, 5) is 33.2. The van der Waals surface area contributed by atoms with Gasteiger partial charge in [0.05, 0.1) is 31.1 Å². The van der Waals surface area contributed by atoms with Crippen molar-refractivity contribution in [1.82, 2.24) is 20.6 Å². The molecule has 36 heavy (non-hydrogen) atoms. The van der Waals surface area contributed by atoms with Crippen molar-refractivity contribution in [2.75, 3.05) is 12.8 Å². The molecule has 0 aliphatic heterocycles. The summed E-state index contributed by atoms with van der Waals surface area (Å²) in [6, 6.07) is 9.42. The molecule has 1 saturated carbocycles. The molecule has 9 nitrogen and oxygen atoms in total. The maximum absolute atomic E-state index is 13.4. The molecule has 0 bridgehead atoms. The smallest absolute Gasteiger partial charge is 0.420 e. The third-order valence-electron chi connectivity index (χ3n) is 5.57. The van der Waals surface area contributed by atoms with Crippen LogP contribution in [-0.4, -0.2) is 34.4 Å². The van der Waals surface area contributed by atoms with Crippen molar-refractivity contribution < 1.29 is 32.2 Å². The van der Waals surface area contributed by atoms with Gasteiger partial charge in [0.25, 0.3) is 5.91 Å². The Balaban J connectivity index is 1.36. The first-order valence-electron chi connectivity index (χ1n) is 10.8. The largest absolute Gasteiger partial charge is 0.497 e. The molecule has 2 aromatic heterocycles. The number of halogens is 3. The summed E-state index contributed by atoms with van der Waals surface area (Å²) in [5, 5.41) is 5.43. The second-order valence-electron chi connectivity index (χ2n) is 8.10. The summed E-state index contributed by atoms with van der Waals surface area (Å²) in [7, 11) is 1.27. The molecule has 0 spiro atoms. The Bertz CT molecular complexity index is 1280. The van der Waals surface area contributed by atoms with Crippen molar-refractivity contribution in [3.05, 3.63) is 71.7 Å². The number of carbonyl (C=O) groups is 2. The summed E-state index contributed by atoms with van der Waals surface area (Å²) in [6.45, 7) is 0.0438. The van der Waals surface area contributed by atoms with E-state index in [0.29, 0.717) is 18.5 Å². The molecule has 4 rings (SSSR count). The predicted molar refractivity (Wildman–Crippen MR) is 122 cm³/mol. The number of hydrogen-bond donors (Lipinski definition) is 3. The van der Waals surface area contributed by atoms with E-state index in [1.807, 2.05) is 0 Å². The zero-order valence-electron chi connectivity index (χ0n) is 19.1. The molecule has 0 saturated heterocycles. The minimum Gasteiger partial charge on any atom is -0.497 e. The van der Waals surface area contributed by atoms with E-state index in [-0.39, 0.29) is 35.3 Å². The predicted octanol–water partition coefficient (Wildman–Crippen LogP) is 3.46. The van der Waals surface area contributed by atoms with Crippen LogP contribution in [0.2, 0.25) is 0 Å². The van der Waals surface area contributed by atoms with Gasteiger partial charge in [-0.2, -0.15) is 13.2 Å². The highest BCUT2D eigenvalue weighted by Gasteiger charge is 2.51. The molecule has 3 aromatic rings. The van der Waals surface area contributed by atoms with E-state index >= 15 is 0 Å². The lowest BCUT2D eigenvalue weighted by molar-refractivity contribution is -0.138. The standard InChI is InChI=1S/C24H22F3N5O4/c1-35-15-6-7-19(18(11-15)24(25,26)27)36-16-5-4-14(30-13-16)12-31-22(34)23(8-9-23)32-21(33)17-3-2-10-29-20(17)28/h2-7,10-11,13H,8-9,12H2,1H3,(H2,28,29)(H,31,34)(H,32,33). The fourth-order valence-electron chi connectivity index (χ4n) is 3.42. The van der Waals surface area contributed by atoms with Crippen LogP contribution in [0.25, 0.3) is 0 Å². The summed E-state index contributed by atoms with van der Waals surface area (Å²) in [5.74, 6) is -1.08. The van der Waals surface area contributed by atoms with Gasteiger partial charge in [-0.1, -0.05) is 0 Å². The second-order valence-corrected chi connectivity index (χ2v) is 8.10. The highest BCUT2D eigenvalue weighted by molar-refractivity contribution is 6.03. The molecule has 1 fully saturated rings. The number of anilines is 1. The topological polar surface area (TPSA) is 128 Å². The van der Waals surface area contributed by atoms with Gasteiger partial charge in [-0.25, -0.2) is 4.98 Å². The van der Waals surface area contributed by atoms with E-state index in [4.69, 9.17) is 15.2 Å². The molecule has 2 heterocycles. The number of hydrogen-bond acceptors (Lipinski definition) is 7. The number of nitrogen functional groups attached to an aromatic ring is 1. The van der Waals surface area contributed by atoms with Gasteiger partial charge in [-0.05, 0) is 55.3 Å². The van der Waals surface area contributed by atoms with E-state index in [2.05, 4.69) is 20.6 Å². The average Bonchev–Trinajstić information content (AvgIpc) is 3.63. The van der Waals surface area contributed by atoms with Crippen LogP contribution in [0.1, 0.15) is 34.5 Å². The van der Waals surface area contributed by atoms with Crippen molar-refractivity contribution in [3.8, 4) is 17.2 Å². The Hall–Kier alpha value is -4.35. The van der Waals surface area contributed by atoms with Gasteiger partial charge in [0.15, 0.2) is 0 Å². The zero-order valence-corrected chi connectivity index (χ0v) is 19.1. The summed E-state index contributed by atoms with van der Waals surface area (Å²) < 4.78 is 50.4. The molecule has 0 atom stereocenters.